The highest BCUT2D eigenvalue weighted by molar-refractivity contribution is 5.93. The lowest BCUT2D eigenvalue weighted by atomic mass is 10.1. The van der Waals surface area contributed by atoms with Crippen molar-refractivity contribution in [3.63, 3.8) is 0 Å². The average Bonchev–Trinajstić information content (AvgIpc) is 3.25. The maximum Gasteiger partial charge on any atom is 0.311 e. The fourth-order valence-corrected chi connectivity index (χ4v) is 3.48. The van der Waals surface area contributed by atoms with E-state index in [2.05, 4.69) is 5.32 Å². The van der Waals surface area contributed by atoms with Gasteiger partial charge in [-0.2, -0.15) is 0 Å². The summed E-state index contributed by atoms with van der Waals surface area (Å²) >= 11 is 0. The number of nitrogens with zero attached hydrogens (tertiary/aromatic N) is 1. The molecule has 3 rings (SSSR count). The van der Waals surface area contributed by atoms with Crippen LogP contribution < -0.4 is 5.32 Å². The van der Waals surface area contributed by atoms with Gasteiger partial charge in [-0.3, -0.25) is 14.4 Å². The zero-order valence-corrected chi connectivity index (χ0v) is 14.2. The molecule has 1 heterocycles. The van der Waals surface area contributed by atoms with Crippen LogP contribution in [0.2, 0.25) is 0 Å². The van der Waals surface area contributed by atoms with Crippen molar-refractivity contribution < 1.29 is 27.9 Å². The van der Waals surface area contributed by atoms with Gasteiger partial charge in [0.05, 0.1) is 5.92 Å². The molecule has 1 atom stereocenters. The zero-order valence-electron chi connectivity index (χ0n) is 14.2. The van der Waals surface area contributed by atoms with Gasteiger partial charge in [0, 0.05) is 30.8 Å². The van der Waals surface area contributed by atoms with E-state index in [4.69, 9.17) is 4.74 Å². The highest BCUT2D eigenvalue weighted by Gasteiger charge is 2.39. The predicted octanol–water partition coefficient (Wildman–Crippen LogP) is 2.24. The molecule has 1 aliphatic carbocycles. The smallest absolute Gasteiger partial charge is 0.311 e. The number of benzene rings is 1. The summed E-state index contributed by atoms with van der Waals surface area (Å²) in [7, 11) is 0. The quantitative estimate of drug-likeness (QED) is 0.811. The minimum Gasteiger partial charge on any atom is -0.455 e. The lowest BCUT2D eigenvalue weighted by Crippen LogP contribution is -2.35. The van der Waals surface area contributed by atoms with Crippen molar-refractivity contribution in [2.24, 2.45) is 5.92 Å². The van der Waals surface area contributed by atoms with E-state index in [9.17, 15) is 23.2 Å². The molecule has 1 aromatic rings. The molecule has 8 heteroatoms. The number of hydrogen-bond acceptors (Lipinski definition) is 4. The second-order valence-corrected chi connectivity index (χ2v) is 6.67. The molecule has 2 amide bonds. The maximum absolute atomic E-state index is 13.1. The van der Waals surface area contributed by atoms with Crippen molar-refractivity contribution in [2.75, 3.05) is 18.5 Å². The van der Waals surface area contributed by atoms with E-state index in [1.807, 2.05) is 0 Å². The number of hydrogen-bond donors (Lipinski definition) is 1. The Hall–Kier alpha value is -2.51. The standard InChI is InChI=1S/C18H20F2N2O4/c19-14-6-5-12(8-15(14)20)21-16(23)10-26-18(25)11-7-17(24)22(9-11)13-3-1-2-4-13/h5-6,8,11,13H,1-4,7,9-10H2,(H,21,23)/t11-/m0/s1. The van der Waals surface area contributed by atoms with E-state index in [-0.39, 0.29) is 24.1 Å². The van der Waals surface area contributed by atoms with Crippen LogP contribution in [0.15, 0.2) is 18.2 Å². The van der Waals surface area contributed by atoms with Crippen LogP contribution in [0.4, 0.5) is 14.5 Å². The molecule has 1 aliphatic heterocycles. The normalized spacial score (nSPS) is 20.5. The van der Waals surface area contributed by atoms with Gasteiger partial charge in [0.15, 0.2) is 18.2 Å². The van der Waals surface area contributed by atoms with Crippen LogP contribution in [0, 0.1) is 17.6 Å². The molecule has 26 heavy (non-hydrogen) atoms. The Morgan fingerprint density at radius 2 is 1.92 bits per heavy atom. The van der Waals surface area contributed by atoms with Gasteiger partial charge >= 0.3 is 5.97 Å². The lowest BCUT2D eigenvalue weighted by molar-refractivity contribution is -0.151. The number of carbonyl (C=O) groups excluding carboxylic acids is 3. The predicted molar refractivity (Wildman–Crippen MR) is 88.0 cm³/mol. The van der Waals surface area contributed by atoms with Crippen molar-refractivity contribution in [2.45, 2.75) is 38.1 Å². The Bertz CT molecular complexity index is 719. The fraction of sp³-hybridized carbons (Fsp3) is 0.500. The first-order chi connectivity index (χ1) is 12.4. The van der Waals surface area contributed by atoms with E-state index < -0.39 is 36.0 Å². The molecular weight excluding hydrogens is 346 g/mol. The Morgan fingerprint density at radius 3 is 2.62 bits per heavy atom. The van der Waals surface area contributed by atoms with Crippen molar-refractivity contribution in [1.82, 2.24) is 4.90 Å². The van der Waals surface area contributed by atoms with Crippen LogP contribution in [0.1, 0.15) is 32.1 Å². The first kappa shape index (κ1) is 18.3. The zero-order chi connectivity index (χ0) is 18.7. The monoisotopic (exact) mass is 366 g/mol. The summed E-state index contributed by atoms with van der Waals surface area (Å²) in [5, 5.41) is 2.32. The molecule has 6 nitrogen and oxygen atoms in total. The molecule has 0 unspecified atom stereocenters. The number of anilines is 1. The molecule has 2 aliphatic rings. The van der Waals surface area contributed by atoms with Crippen LogP contribution in [0.5, 0.6) is 0 Å². The summed E-state index contributed by atoms with van der Waals surface area (Å²) in [5.41, 5.74) is 0.0633. The van der Waals surface area contributed by atoms with Crippen molar-refractivity contribution in [1.29, 1.82) is 0 Å². The van der Waals surface area contributed by atoms with Crippen LogP contribution in [-0.2, 0) is 19.1 Å². The van der Waals surface area contributed by atoms with Gasteiger partial charge in [0.2, 0.25) is 5.91 Å². The molecule has 0 radical (unpaired) electrons. The number of carbonyl (C=O) groups is 3. The summed E-state index contributed by atoms with van der Waals surface area (Å²) in [6, 6.07) is 3.13. The van der Waals surface area contributed by atoms with E-state index >= 15 is 0 Å². The molecule has 0 bridgehead atoms. The highest BCUT2D eigenvalue weighted by atomic mass is 19.2. The molecule has 140 valence electrons. The molecule has 0 spiro atoms. The number of likely N-dealkylation sites (tertiary alicyclic amines) is 1. The second-order valence-electron chi connectivity index (χ2n) is 6.67. The maximum atomic E-state index is 13.1. The summed E-state index contributed by atoms with van der Waals surface area (Å²) in [4.78, 5) is 37.7. The summed E-state index contributed by atoms with van der Waals surface area (Å²) in [6.07, 6.45) is 4.20. The Balaban J connectivity index is 1.46. The molecule has 1 saturated carbocycles. The average molecular weight is 366 g/mol. The minimum absolute atomic E-state index is 0.0508. The van der Waals surface area contributed by atoms with Crippen LogP contribution in [0.25, 0.3) is 0 Å². The van der Waals surface area contributed by atoms with E-state index in [1.54, 1.807) is 4.90 Å². The third-order valence-electron chi connectivity index (χ3n) is 4.81. The van der Waals surface area contributed by atoms with Crippen molar-refractivity contribution in [3.05, 3.63) is 29.8 Å². The fourth-order valence-electron chi connectivity index (χ4n) is 3.48. The molecule has 1 N–H and O–H groups in total. The minimum atomic E-state index is -1.09. The molecule has 0 aromatic heterocycles. The largest absolute Gasteiger partial charge is 0.455 e. The van der Waals surface area contributed by atoms with Crippen molar-refractivity contribution in [3.8, 4) is 0 Å². The second kappa shape index (κ2) is 7.80. The third-order valence-corrected chi connectivity index (χ3v) is 4.81. The first-order valence-electron chi connectivity index (χ1n) is 8.65. The highest BCUT2D eigenvalue weighted by Crippen LogP contribution is 2.29. The van der Waals surface area contributed by atoms with E-state index in [0.29, 0.717) is 6.54 Å². The number of rotatable bonds is 5. The topological polar surface area (TPSA) is 75.7 Å². The number of amides is 2. The Kier molecular flexibility index (Phi) is 5.49. The number of ether oxygens (including phenoxy) is 1. The third kappa shape index (κ3) is 4.17. The van der Waals surface area contributed by atoms with Gasteiger partial charge in [-0.1, -0.05) is 12.8 Å². The van der Waals surface area contributed by atoms with E-state index in [1.165, 1.54) is 6.07 Å². The number of esters is 1. The SMILES string of the molecule is O=C(COC(=O)[C@H]1CC(=O)N(C2CCCC2)C1)Nc1ccc(F)c(F)c1. The summed E-state index contributed by atoms with van der Waals surface area (Å²) in [5.74, 6) is -3.99. The van der Waals surface area contributed by atoms with Gasteiger partial charge < -0.3 is 15.0 Å². The lowest BCUT2D eigenvalue weighted by Gasteiger charge is -2.23. The van der Waals surface area contributed by atoms with E-state index in [0.717, 1.165) is 37.8 Å². The summed E-state index contributed by atoms with van der Waals surface area (Å²) in [6.45, 7) is -0.223. The summed E-state index contributed by atoms with van der Waals surface area (Å²) < 4.78 is 30.9. The Labute approximate surface area is 149 Å². The first-order valence-corrected chi connectivity index (χ1v) is 8.65. The van der Waals surface area contributed by atoms with Crippen LogP contribution in [-0.4, -0.2) is 41.9 Å². The Morgan fingerprint density at radius 1 is 1.19 bits per heavy atom. The van der Waals surface area contributed by atoms with Crippen molar-refractivity contribution >= 4 is 23.5 Å². The number of halogens is 2. The molecule has 1 saturated heterocycles. The van der Waals surface area contributed by atoms with Crippen LogP contribution in [0.3, 0.4) is 0 Å². The van der Waals surface area contributed by atoms with Gasteiger partial charge in [-0.05, 0) is 25.0 Å². The number of nitrogens with one attached hydrogen (secondary N) is 1. The van der Waals surface area contributed by atoms with Gasteiger partial charge in [0.1, 0.15) is 0 Å². The van der Waals surface area contributed by atoms with Gasteiger partial charge in [-0.25, -0.2) is 8.78 Å². The van der Waals surface area contributed by atoms with Crippen LogP contribution >= 0.6 is 0 Å². The van der Waals surface area contributed by atoms with Gasteiger partial charge in [-0.15, -0.1) is 0 Å². The van der Waals surface area contributed by atoms with Gasteiger partial charge in [0.25, 0.3) is 5.91 Å². The molecule has 1 aromatic carbocycles. The molecule has 2 fully saturated rings. The molecular formula is C18H20F2N2O4.